The van der Waals surface area contributed by atoms with Crippen LogP contribution in [0, 0.1) is 0 Å². The zero-order valence-corrected chi connectivity index (χ0v) is 13.5. The van der Waals surface area contributed by atoms with Crippen molar-refractivity contribution in [3.63, 3.8) is 0 Å². The van der Waals surface area contributed by atoms with Gasteiger partial charge in [-0.1, -0.05) is 18.2 Å². The van der Waals surface area contributed by atoms with Crippen molar-refractivity contribution >= 4 is 22.3 Å². The number of nitrogens with one attached hydrogen (secondary N) is 1. The van der Waals surface area contributed by atoms with Crippen LogP contribution in [0.4, 0.5) is 11.4 Å². The largest absolute Gasteiger partial charge is 0.492 e. The number of hydrogen-bond donors (Lipinski definition) is 1. The molecule has 4 nitrogen and oxygen atoms in total. The smallest absolute Gasteiger partial charge is 0.119 e. The van der Waals surface area contributed by atoms with Crippen molar-refractivity contribution in [1.82, 2.24) is 9.88 Å². The van der Waals surface area contributed by atoms with Gasteiger partial charge >= 0.3 is 0 Å². The number of aromatic nitrogens is 1. The number of pyridine rings is 1. The molecule has 0 fully saturated rings. The number of fused-ring (bicyclic) bond motifs is 1. The Labute approximate surface area is 136 Å². The van der Waals surface area contributed by atoms with Crippen LogP contribution in [0.5, 0.6) is 5.75 Å². The van der Waals surface area contributed by atoms with E-state index in [1.54, 1.807) is 0 Å². The van der Waals surface area contributed by atoms with Gasteiger partial charge in [-0.2, -0.15) is 0 Å². The summed E-state index contributed by atoms with van der Waals surface area (Å²) in [4.78, 5) is 6.56. The highest BCUT2D eigenvalue weighted by atomic mass is 16.5. The maximum atomic E-state index is 5.71. The molecule has 0 aliphatic heterocycles. The van der Waals surface area contributed by atoms with Crippen LogP contribution in [0.2, 0.25) is 0 Å². The van der Waals surface area contributed by atoms with E-state index in [0.29, 0.717) is 6.61 Å². The predicted molar refractivity (Wildman–Crippen MR) is 95.5 cm³/mol. The Hall–Kier alpha value is -2.59. The van der Waals surface area contributed by atoms with Gasteiger partial charge in [0.05, 0.1) is 11.2 Å². The van der Waals surface area contributed by atoms with E-state index in [0.717, 1.165) is 34.6 Å². The monoisotopic (exact) mass is 307 g/mol. The molecule has 118 valence electrons. The maximum absolute atomic E-state index is 5.71. The Balaban J connectivity index is 1.70. The average Bonchev–Trinajstić information content (AvgIpc) is 2.56. The summed E-state index contributed by atoms with van der Waals surface area (Å²) in [5.74, 6) is 0.883. The number of benzene rings is 2. The molecule has 0 aliphatic rings. The topological polar surface area (TPSA) is 37.4 Å². The van der Waals surface area contributed by atoms with Crippen molar-refractivity contribution < 1.29 is 4.74 Å². The summed E-state index contributed by atoms with van der Waals surface area (Å²) in [7, 11) is 4.07. The minimum Gasteiger partial charge on any atom is -0.492 e. The van der Waals surface area contributed by atoms with Crippen LogP contribution in [-0.4, -0.2) is 37.1 Å². The number of nitrogens with zero attached hydrogens (tertiary/aromatic N) is 2. The van der Waals surface area contributed by atoms with Crippen molar-refractivity contribution in [3.05, 3.63) is 60.8 Å². The summed E-state index contributed by atoms with van der Waals surface area (Å²) in [6, 6.07) is 18.2. The molecule has 2 aromatic carbocycles. The van der Waals surface area contributed by atoms with E-state index in [4.69, 9.17) is 4.74 Å². The lowest BCUT2D eigenvalue weighted by Gasteiger charge is -2.12. The standard InChI is InChI=1S/C19H21N3O/c1-22(2)13-14-23-17-10-8-16(9-11-17)21-18-7-3-5-15-6-4-12-20-19(15)18/h3-12,21H,13-14H2,1-2H3. The first kappa shape index (κ1) is 15.3. The Morgan fingerprint density at radius 2 is 1.78 bits per heavy atom. The molecule has 1 aromatic heterocycles. The fourth-order valence-electron chi connectivity index (χ4n) is 2.34. The number of likely N-dealkylation sites (N-methyl/N-ethyl adjacent to an activating group) is 1. The molecular formula is C19H21N3O. The average molecular weight is 307 g/mol. The number of hydrogen-bond acceptors (Lipinski definition) is 4. The molecule has 0 unspecified atom stereocenters. The van der Waals surface area contributed by atoms with Crippen molar-refractivity contribution in [1.29, 1.82) is 0 Å². The SMILES string of the molecule is CN(C)CCOc1ccc(Nc2cccc3cccnc23)cc1. The van der Waals surface area contributed by atoms with Gasteiger partial charge in [0.15, 0.2) is 0 Å². The Morgan fingerprint density at radius 1 is 1.00 bits per heavy atom. The second-order valence-corrected chi connectivity index (χ2v) is 5.68. The van der Waals surface area contributed by atoms with E-state index in [1.807, 2.05) is 62.8 Å². The van der Waals surface area contributed by atoms with Gasteiger partial charge in [0, 0.05) is 23.8 Å². The van der Waals surface area contributed by atoms with Crippen LogP contribution in [0.15, 0.2) is 60.8 Å². The maximum Gasteiger partial charge on any atom is 0.119 e. The molecule has 0 bridgehead atoms. The molecular weight excluding hydrogens is 286 g/mol. The lowest BCUT2D eigenvalue weighted by molar-refractivity contribution is 0.261. The molecule has 3 rings (SSSR count). The summed E-state index contributed by atoms with van der Waals surface area (Å²) < 4.78 is 5.71. The number of rotatable bonds is 6. The highest BCUT2D eigenvalue weighted by Gasteiger charge is 2.02. The van der Waals surface area contributed by atoms with E-state index < -0.39 is 0 Å². The molecule has 0 amide bonds. The van der Waals surface area contributed by atoms with E-state index in [-0.39, 0.29) is 0 Å². The quantitative estimate of drug-likeness (QED) is 0.749. The van der Waals surface area contributed by atoms with Crippen LogP contribution < -0.4 is 10.1 Å². The third kappa shape index (κ3) is 3.99. The third-order valence-corrected chi connectivity index (χ3v) is 3.57. The fraction of sp³-hybridized carbons (Fsp3) is 0.211. The molecule has 0 saturated carbocycles. The normalized spacial score (nSPS) is 10.9. The van der Waals surface area contributed by atoms with Crippen LogP contribution in [0.1, 0.15) is 0 Å². The van der Waals surface area contributed by atoms with Crippen molar-refractivity contribution in [2.24, 2.45) is 0 Å². The van der Waals surface area contributed by atoms with Gasteiger partial charge in [-0.3, -0.25) is 4.98 Å². The van der Waals surface area contributed by atoms with Crippen LogP contribution in [-0.2, 0) is 0 Å². The first-order chi connectivity index (χ1) is 11.2. The first-order valence-corrected chi connectivity index (χ1v) is 7.71. The Kier molecular flexibility index (Phi) is 4.74. The van der Waals surface area contributed by atoms with E-state index in [2.05, 4.69) is 27.3 Å². The lowest BCUT2D eigenvalue weighted by Crippen LogP contribution is -2.19. The zero-order chi connectivity index (χ0) is 16.1. The van der Waals surface area contributed by atoms with Crippen molar-refractivity contribution in [2.45, 2.75) is 0 Å². The van der Waals surface area contributed by atoms with E-state index in [1.165, 1.54) is 0 Å². The molecule has 23 heavy (non-hydrogen) atoms. The minimum absolute atomic E-state index is 0.688. The summed E-state index contributed by atoms with van der Waals surface area (Å²) in [5, 5.41) is 4.55. The number of para-hydroxylation sites is 1. The molecule has 4 heteroatoms. The molecule has 3 aromatic rings. The van der Waals surface area contributed by atoms with Gasteiger partial charge in [-0.05, 0) is 50.5 Å². The van der Waals surface area contributed by atoms with Crippen LogP contribution in [0.3, 0.4) is 0 Å². The van der Waals surface area contributed by atoms with E-state index in [9.17, 15) is 0 Å². The molecule has 0 aliphatic carbocycles. The second kappa shape index (κ2) is 7.11. The molecule has 1 heterocycles. The second-order valence-electron chi connectivity index (χ2n) is 5.68. The Bertz CT molecular complexity index is 764. The Morgan fingerprint density at radius 3 is 2.57 bits per heavy atom. The first-order valence-electron chi connectivity index (χ1n) is 7.71. The van der Waals surface area contributed by atoms with Gasteiger partial charge < -0.3 is 15.0 Å². The predicted octanol–water partition coefficient (Wildman–Crippen LogP) is 3.92. The van der Waals surface area contributed by atoms with Crippen molar-refractivity contribution in [2.75, 3.05) is 32.6 Å². The van der Waals surface area contributed by atoms with Crippen LogP contribution >= 0.6 is 0 Å². The molecule has 1 N–H and O–H groups in total. The fourth-order valence-corrected chi connectivity index (χ4v) is 2.34. The minimum atomic E-state index is 0.688. The summed E-state index contributed by atoms with van der Waals surface area (Å²) >= 11 is 0. The highest BCUT2D eigenvalue weighted by molar-refractivity contribution is 5.91. The molecule has 0 radical (unpaired) electrons. The molecule has 0 spiro atoms. The molecule has 0 atom stereocenters. The van der Waals surface area contributed by atoms with Gasteiger partial charge in [-0.25, -0.2) is 0 Å². The molecule has 0 saturated heterocycles. The number of anilines is 2. The summed E-state index contributed by atoms with van der Waals surface area (Å²) in [6.45, 7) is 1.59. The summed E-state index contributed by atoms with van der Waals surface area (Å²) in [5.41, 5.74) is 2.99. The van der Waals surface area contributed by atoms with Crippen LogP contribution in [0.25, 0.3) is 10.9 Å². The summed E-state index contributed by atoms with van der Waals surface area (Å²) in [6.07, 6.45) is 1.81. The third-order valence-electron chi connectivity index (χ3n) is 3.57. The highest BCUT2D eigenvalue weighted by Crippen LogP contribution is 2.25. The van der Waals surface area contributed by atoms with Gasteiger partial charge in [0.1, 0.15) is 12.4 Å². The van der Waals surface area contributed by atoms with Crippen molar-refractivity contribution in [3.8, 4) is 5.75 Å². The zero-order valence-electron chi connectivity index (χ0n) is 13.5. The van der Waals surface area contributed by atoms with Gasteiger partial charge in [-0.15, -0.1) is 0 Å². The van der Waals surface area contributed by atoms with E-state index >= 15 is 0 Å². The lowest BCUT2D eigenvalue weighted by atomic mass is 10.2. The van der Waals surface area contributed by atoms with Gasteiger partial charge in [0.2, 0.25) is 0 Å². The van der Waals surface area contributed by atoms with Gasteiger partial charge in [0.25, 0.3) is 0 Å². The number of ether oxygens (including phenoxy) is 1.